The van der Waals surface area contributed by atoms with E-state index in [0.29, 0.717) is 25.9 Å². The maximum Gasteiger partial charge on any atom is 0.246 e. The molecule has 0 bridgehead atoms. The van der Waals surface area contributed by atoms with E-state index in [1.54, 1.807) is 11.8 Å². The molecule has 1 unspecified atom stereocenters. The number of amides is 2. The highest BCUT2D eigenvalue weighted by Gasteiger charge is 2.24. The van der Waals surface area contributed by atoms with E-state index in [-0.39, 0.29) is 11.8 Å². The first-order valence-corrected chi connectivity index (χ1v) is 7.45. The van der Waals surface area contributed by atoms with Crippen molar-refractivity contribution in [2.75, 3.05) is 18.4 Å². The molecule has 0 spiro atoms. The number of benzene rings is 1. The minimum Gasteiger partial charge on any atom is -0.331 e. The number of nitrogens with zero attached hydrogens (tertiary/aromatic N) is 1. The molecule has 1 aromatic carbocycles. The molecule has 5 heteroatoms. The number of carbonyl (C=O) groups excluding carboxylic acids is 2. The molecule has 5 nitrogen and oxygen atoms in total. The van der Waals surface area contributed by atoms with Gasteiger partial charge in [0.2, 0.25) is 11.8 Å². The van der Waals surface area contributed by atoms with Gasteiger partial charge in [-0.1, -0.05) is 25.1 Å². The Morgan fingerprint density at radius 1 is 1.29 bits per heavy atom. The van der Waals surface area contributed by atoms with Crippen LogP contribution in [0.3, 0.4) is 0 Å². The van der Waals surface area contributed by atoms with Gasteiger partial charge in [-0.25, -0.2) is 0 Å². The van der Waals surface area contributed by atoms with E-state index in [9.17, 15) is 9.59 Å². The summed E-state index contributed by atoms with van der Waals surface area (Å²) in [5.41, 5.74) is 6.18. The average Bonchev–Trinajstić information content (AvgIpc) is 2.50. The van der Waals surface area contributed by atoms with E-state index < -0.39 is 6.04 Å². The van der Waals surface area contributed by atoms with Crippen LogP contribution in [0.5, 0.6) is 0 Å². The van der Waals surface area contributed by atoms with Gasteiger partial charge in [0.15, 0.2) is 0 Å². The number of carbonyl (C=O) groups is 2. The van der Waals surface area contributed by atoms with Gasteiger partial charge in [0.1, 0.15) is 6.04 Å². The third kappa shape index (κ3) is 5.55. The monoisotopic (exact) mass is 291 g/mol. The van der Waals surface area contributed by atoms with Crippen LogP contribution in [0.1, 0.15) is 33.1 Å². The summed E-state index contributed by atoms with van der Waals surface area (Å²) in [5, 5.41) is 2.83. The molecule has 116 valence electrons. The highest BCUT2D eigenvalue weighted by molar-refractivity contribution is 5.96. The second kappa shape index (κ2) is 9.13. The summed E-state index contributed by atoms with van der Waals surface area (Å²) in [7, 11) is 0. The fourth-order valence-corrected chi connectivity index (χ4v) is 2.08. The largest absolute Gasteiger partial charge is 0.331 e. The summed E-state index contributed by atoms with van der Waals surface area (Å²) in [6, 6.07) is 8.76. The Morgan fingerprint density at radius 3 is 2.52 bits per heavy atom. The highest BCUT2D eigenvalue weighted by Crippen LogP contribution is 2.10. The summed E-state index contributed by atoms with van der Waals surface area (Å²) < 4.78 is 0. The Bertz CT molecular complexity index is 448. The lowest BCUT2D eigenvalue weighted by atomic mass is 10.2. The normalized spacial score (nSPS) is 11.8. The lowest BCUT2D eigenvalue weighted by Crippen LogP contribution is -2.46. The van der Waals surface area contributed by atoms with Crippen LogP contribution in [-0.2, 0) is 9.59 Å². The number of nitrogens with two attached hydrogens (primary N) is 1. The van der Waals surface area contributed by atoms with Crippen molar-refractivity contribution in [1.29, 1.82) is 0 Å². The molecule has 0 fully saturated rings. The van der Waals surface area contributed by atoms with E-state index in [4.69, 9.17) is 5.73 Å². The third-order valence-electron chi connectivity index (χ3n) is 3.27. The zero-order chi connectivity index (χ0) is 15.7. The van der Waals surface area contributed by atoms with Gasteiger partial charge in [0, 0.05) is 18.7 Å². The molecule has 3 N–H and O–H groups in total. The van der Waals surface area contributed by atoms with Gasteiger partial charge in [0.05, 0.1) is 0 Å². The molecule has 0 saturated carbocycles. The smallest absolute Gasteiger partial charge is 0.246 e. The van der Waals surface area contributed by atoms with E-state index in [0.717, 1.165) is 12.1 Å². The Morgan fingerprint density at radius 2 is 1.95 bits per heavy atom. The SMILES string of the molecule is CCCN(C(=O)CCCN)C(C)C(=O)Nc1ccccc1. The van der Waals surface area contributed by atoms with Crippen LogP contribution in [0, 0.1) is 0 Å². The lowest BCUT2D eigenvalue weighted by Gasteiger charge is -2.28. The van der Waals surface area contributed by atoms with Crippen LogP contribution in [0.15, 0.2) is 30.3 Å². The molecule has 0 aromatic heterocycles. The number of para-hydroxylation sites is 1. The molecular weight excluding hydrogens is 266 g/mol. The molecule has 0 aliphatic carbocycles. The number of rotatable bonds is 8. The lowest BCUT2D eigenvalue weighted by molar-refractivity contribution is -0.138. The van der Waals surface area contributed by atoms with E-state index in [1.165, 1.54) is 0 Å². The van der Waals surface area contributed by atoms with Crippen molar-refractivity contribution in [1.82, 2.24) is 4.90 Å². The van der Waals surface area contributed by atoms with E-state index in [1.807, 2.05) is 37.3 Å². The van der Waals surface area contributed by atoms with Crippen molar-refractivity contribution in [3.63, 3.8) is 0 Å². The van der Waals surface area contributed by atoms with Crippen LogP contribution in [0.25, 0.3) is 0 Å². The van der Waals surface area contributed by atoms with Gasteiger partial charge in [0.25, 0.3) is 0 Å². The molecule has 0 aliphatic rings. The highest BCUT2D eigenvalue weighted by atomic mass is 16.2. The number of hydrogen-bond acceptors (Lipinski definition) is 3. The minimum absolute atomic E-state index is 0.0157. The summed E-state index contributed by atoms with van der Waals surface area (Å²) in [4.78, 5) is 26.1. The van der Waals surface area contributed by atoms with Crippen molar-refractivity contribution in [2.45, 2.75) is 39.2 Å². The molecule has 1 rings (SSSR count). The fraction of sp³-hybridized carbons (Fsp3) is 0.500. The van der Waals surface area contributed by atoms with Gasteiger partial charge in [-0.2, -0.15) is 0 Å². The Hall–Kier alpha value is -1.88. The van der Waals surface area contributed by atoms with Gasteiger partial charge < -0.3 is 16.0 Å². The van der Waals surface area contributed by atoms with Crippen molar-refractivity contribution >= 4 is 17.5 Å². The Kier molecular flexibility index (Phi) is 7.46. The summed E-state index contributed by atoms with van der Waals surface area (Å²) >= 11 is 0. The van der Waals surface area contributed by atoms with Gasteiger partial charge in [-0.3, -0.25) is 9.59 Å². The first-order valence-electron chi connectivity index (χ1n) is 7.45. The maximum atomic E-state index is 12.3. The molecule has 0 radical (unpaired) electrons. The zero-order valence-electron chi connectivity index (χ0n) is 12.8. The van der Waals surface area contributed by atoms with Crippen LogP contribution >= 0.6 is 0 Å². The second-order valence-electron chi connectivity index (χ2n) is 5.01. The standard InChI is InChI=1S/C16H25N3O2/c1-3-12-19(15(20)10-7-11-17)13(2)16(21)18-14-8-5-4-6-9-14/h4-6,8-9,13H,3,7,10-12,17H2,1-2H3,(H,18,21). The van der Waals surface area contributed by atoms with E-state index in [2.05, 4.69) is 5.32 Å². The first-order chi connectivity index (χ1) is 10.1. The summed E-state index contributed by atoms with van der Waals surface area (Å²) in [5.74, 6) is -0.186. The van der Waals surface area contributed by atoms with Crippen LogP contribution in [0.2, 0.25) is 0 Å². The van der Waals surface area contributed by atoms with Crippen LogP contribution in [0.4, 0.5) is 5.69 Å². The predicted octanol–water partition coefficient (Wildman–Crippen LogP) is 1.99. The minimum atomic E-state index is -0.490. The Balaban J connectivity index is 2.68. The average molecular weight is 291 g/mol. The zero-order valence-corrected chi connectivity index (χ0v) is 12.8. The van der Waals surface area contributed by atoms with Crippen LogP contribution < -0.4 is 11.1 Å². The Labute approximate surface area is 126 Å². The van der Waals surface area contributed by atoms with Crippen molar-refractivity contribution in [3.8, 4) is 0 Å². The molecular formula is C16H25N3O2. The molecule has 2 amide bonds. The second-order valence-corrected chi connectivity index (χ2v) is 5.01. The number of anilines is 1. The summed E-state index contributed by atoms with van der Waals surface area (Å²) in [6.07, 6.45) is 1.85. The van der Waals surface area contributed by atoms with Crippen LogP contribution in [-0.4, -0.2) is 35.8 Å². The van der Waals surface area contributed by atoms with Crippen molar-refractivity contribution < 1.29 is 9.59 Å². The fourth-order valence-electron chi connectivity index (χ4n) is 2.08. The first kappa shape index (κ1) is 17.2. The molecule has 21 heavy (non-hydrogen) atoms. The van der Waals surface area contributed by atoms with Gasteiger partial charge in [-0.15, -0.1) is 0 Å². The third-order valence-corrected chi connectivity index (χ3v) is 3.27. The predicted molar refractivity (Wildman–Crippen MR) is 84.8 cm³/mol. The molecule has 0 aliphatic heterocycles. The molecule has 1 atom stereocenters. The van der Waals surface area contributed by atoms with E-state index >= 15 is 0 Å². The quantitative estimate of drug-likeness (QED) is 0.769. The molecule has 1 aromatic rings. The van der Waals surface area contributed by atoms with Crippen molar-refractivity contribution in [2.24, 2.45) is 5.73 Å². The maximum absolute atomic E-state index is 12.3. The van der Waals surface area contributed by atoms with Crippen molar-refractivity contribution in [3.05, 3.63) is 30.3 Å². The summed E-state index contributed by atoms with van der Waals surface area (Å²) in [6.45, 7) is 4.81. The van der Waals surface area contributed by atoms with Gasteiger partial charge in [-0.05, 0) is 38.4 Å². The number of nitrogens with one attached hydrogen (secondary N) is 1. The molecule has 0 saturated heterocycles. The molecule has 0 heterocycles. The van der Waals surface area contributed by atoms with Gasteiger partial charge >= 0.3 is 0 Å². The topological polar surface area (TPSA) is 75.4 Å². The number of hydrogen-bond donors (Lipinski definition) is 2.